The van der Waals surface area contributed by atoms with E-state index < -0.39 is 15.6 Å². The van der Waals surface area contributed by atoms with E-state index in [-0.39, 0.29) is 5.75 Å². The van der Waals surface area contributed by atoms with Crippen molar-refractivity contribution in [2.45, 2.75) is 45.7 Å². The lowest BCUT2D eigenvalue weighted by atomic mass is 10.1. The number of ether oxygens (including phenoxy) is 1. The van der Waals surface area contributed by atoms with Gasteiger partial charge in [0.1, 0.15) is 5.75 Å². The van der Waals surface area contributed by atoms with Crippen LogP contribution in [-0.4, -0.2) is 36.1 Å². The van der Waals surface area contributed by atoms with Crippen molar-refractivity contribution in [3.63, 3.8) is 0 Å². The maximum absolute atomic E-state index is 12.6. The maximum atomic E-state index is 12.6. The van der Waals surface area contributed by atoms with E-state index in [0.29, 0.717) is 19.6 Å². The highest BCUT2D eigenvalue weighted by atomic mass is 32.2. The average molecular weight is 492 g/mol. The highest BCUT2D eigenvalue weighted by Crippen LogP contribution is 2.23. The molecule has 0 radical (unpaired) electrons. The van der Waals surface area contributed by atoms with E-state index in [1.54, 1.807) is 6.20 Å². The molecule has 0 bridgehead atoms. The molecule has 7 heteroatoms. The molecule has 184 valence electrons. The summed E-state index contributed by atoms with van der Waals surface area (Å²) in [5.74, 6) is 0.727. The van der Waals surface area contributed by atoms with Crippen LogP contribution in [0.25, 0.3) is 10.8 Å². The Labute approximate surface area is 208 Å². The summed E-state index contributed by atoms with van der Waals surface area (Å²) in [7, 11) is -3.41. The molecule has 0 atom stereocenters. The minimum Gasteiger partial charge on any atom is -0.493 e. The number of hydrogen-bond acceptors (Lipinski definition) is 4. The first-order valence-corrected chi connectivity index (χ1v) is 13.5. The molecule has 0 saturated carbocycles. The molecule has 0 saturated heterocycles. The van der Waals surface area contributed by atoms with Crippen molar-refractivity contribution in [3.05, 3.63) is 95.8 Å². The van der Waals surface area contributed by atoms with Crippen LogP contribution >= 0.6 is 0 Å². The summed E-state index contributed by atoms with van der Waals surface area (Å²) >= 11 is 0. The van der Waals surface area contributed by atoms with Gasteiger partial charge in [-0.15, -0.1) is 0 Å². The molecule has 0 amide bonds. The Bertz CT molecular complexity index is 1370. The van der Waals surface area contributed by atoms with Crippen LogP contribution in [0.1, 0.15) is 37.5 Å². The number of nitrogens with zero attached hydrogens (tertiary/aromatic N) is 2. The molecule has 0 aliphatic heterocycles. The van der Waals surface area contributed by atoms with Crippen molar-refractivity contribution in [1.29, 1.82) is 0 Å². The summed E-state index contributed by atoms with van der Waals surface area (Å²) in [6.45, 7) is 6.66. The molecule has 0 aliphatic carbocycles. The van der Waals surface area contributed by atoms with Crippen molar-refractivity contribution >= 4 is 20.8 Å². The Balaban J connectivity index is 1.48. The minimum absolute atomic E-state index is 0.00378. The predicted molar refractivity (Wildman–Crippen MR) is 141 cm³/mol. The lowest BCUT2D eigenvalue weighted by Crippen LogP contribution is -2.42. The van der Waals surface area contributed by atoms with E-state index in [0.717, 1.165) is 23.3 Å². The zero-order valence-electron chi connectivity index (χ0n) is 20.6. The van der Waals surface area contributed by atoms with Crippen LogP contribution in [0.3, 0.4) is 0 Å². The van der Waals surface area contributed by atoms with Crippen LogP contribution in [0.5, 0.6) is 5.75 Å². The molecule has 3 aromatic carbocycles. The van der Waals surface area contributed by atoms with Crippen LogP contribution in [0.2, 0.25) is 0 Å². The highest BCUT2D eigenvalue weighted by molar-refractivity contribution is 7.89. The van der Waals surface area contributed by atoms with Gasteiger partial charge in [0.25, 0.3) is 0 Å². The van der Waals surface area contributed by atoms with Crippen LogP contribution in [0.4, 0.5) is 0 Å². The van der Waals surface area contributed by atoms with Gasteiger partial charge in [0.2, 0.25) is 10.0 Å². The molecule has 0 fully saturated rings. The van der Waals surface area contributed by atoms with Gasteiger partial charge in [-0.2, -0.15) is 5.10 Å². The van der Waals surface area contributed by atoms with Gasteiger partial charge in [0, 0.05) is 24.4 Å². The van der Waals surface area contributed by atoms with Crippen molar-refractivity contribution < 1.29 is 13.2 Å². The van der Waals surface area contributed by atoms with E-state index in [1.807, 2.05) is 68.0 Å². The first-order valence-electron chi connectivity index (χ1n) is 11.9. The average Bonchev–Trinajstić information content (AvgIpc) is 3.30. The summed E-state index contributed by atoms with van der Waals surface area (Å²) in [5.41, 5.74) is 2.63. The van der Waals surface area contributed by atoms with Crippen LogP contribution in [-0.2, 0) is 29.4 Å². The second-order valence-electron chi connectivity index (χ2n) is 9.85. The second-order valence-corrected chi connectivity index (χ2v) is 11.7. The topological polar surface area (TPSA) is 73.2 Å². The van der Waals surface area contributed by atoms with Crippen LogP contribution in [0, 0.1) is 0 Å². The normalized spacial score (nSPS) is 12.2. The molecule has 1 aromatic heterocycles. The lowest BCUT2D eigenvalue weighted by Gasteiger charge is -2.20. The Kier molecular flexibility index (Phi) is 7.57. The Morgan fingerprint density at radius 3 is 2.43 bits per heavy atom. The second kappa shape index (κ2) is 10.6. The van der Waals surface area contributed by atoms with E-state index in [1.165, 1.54) is 16.3 Å². The molecule has 1 N–H and O–H groups in total. The van der Waals surface area contributed by atoms with E-state index >= 15 is 0 Å². The molecule has 4 aromatic rings. The van der Waals surface area contributed by atoms with Crippen molar-refractivity contribution in [3.8, 4) is 5.75 Å². The number of nitrogens with one attached hydrogen (secondary N) is 1. The van der Waals surface area contributed by atoms with Gasteiger partial charge in [0.15, 0.2) is 0 Å². The molecule has 4 rings (SSSR count). The van der Waals surface area contributed by atoms with Gasteiger partial charge in [-0.05, 0) is 66.8 Å². The molecular formula is C28H33N3O3S. The number of sulfonamides is 1. The van der Waals surface area contributed by atoms with E-state index in [2.05, 4.69) is 40.2 Å². The van der Waals surface area contributed by atoms with Gasteiger partial charge in [0.05, 0.1) is 18.9 Å². The van der Waals surface area contributed by atoms with Crippen molar-refractivity contribution in [2.75, 3.05) is 12.4 Å². The molecule has 1 heterocycles. The number of fused-ring (bicyclic) bond motifs is 1. The quantitative estimate of drug-likeness (QED) is 0.340. The first kappa shape index (κ1) is 24.9. The zero-order valence-corrected chi connectivity index (χ0v) is 21.4. The standard InChI is InChI=1S/C28H33N3O3S/c1-28(2,3)30-35(32,33)18-14-25-12-10-23(21-31-16-6-15-29-31)20-27(25)34-17-13-22-9-11-24-7-4-5-8-26(24)19-22/h4-12,15-16,19-20,30H,13-14,17-18,21H2,1-3H3. The molecule has 6 nitrogen and oxygen atoms in total. The van der Waals surface area contributed by atoms with Gasteiger partial charge in [-0.1, -0.05) is 54.6 Å². The monoisotopic (exact) mass is 491 g/mol. The molecule has 0 aliphatic rings. The molecule has 0 unspecified atom stereocenters. The van der Waals surface area contributed by atoms with Crippen molar-refractivity contribution in [2.24, 2.45) is 0 Å². The fourth-order valence-electron chi connectivity index (χ4n) is 4.05. The summed E-state index contributed by atoms with van der Waals surface area (Å²) in [4.78, 5) is 0. The van der Waals surface area contributed by atoms with Gasteiger partial charge in [-0.25, -0.2) is 13.1 Å². The SMILES string of the molecule is CC(C)(C)NS(=O)(=O)CCc1ccc(Cn2cccn2)cc1OCCc1ccc2ccccc2c1. The Morgan fingerprint density at radius 2 is 1.69 bits per heavy atom. The number of benzene rings is 3. The van der Waals surface area contributed by atoms with E-state index in [9.17, 15) is 8.42 Å². The maximum Gasteiger partial charge on any atom is 0.212 e. The van der Waals surface area contributed by atoms with E-state index in [4.69, 9.17) is 4.74 Å². The summed E-state index contributed by atoms with van der Waals surface area (Å²) in [6.07, 6.45) is 4.80. The number of rotatable bonds is 10. The molecular weight excluding hydrogens is 458 g/mol. The summed E-state index contributed by atoms with van der Waals surface area (Å²) in [5, 5.41) is 6.71. The third-order valence-electron chi connectivity index (χ3n) is 5.60. The number of hydrogen-bond donors (Lipinski definition) is 1. The van der Waals surface area contributed by atoms with Crippen molar-refractivity contribution in [1.82, 2.24) is 14.5 Å². The number of aromatic nitrogens is 2. The third-order valence-corrected chi connectivity index (χ3v) is 7.26. The highest BCUT2D eigenvalue weighted by Gasteiger charge is 2.20. The predicted octanol–water partition coefficient (Wildman–Crippen LogP) is 4.97. The fraction of sp³-hybridized carbons (Fsp3) is 0.321. The molecule has 35 heavy (non-hydrogen) atoms. The minimum atomic E-state index is -3.41. The largest absolute Gasteiger partial charge is 0.493 e. The van der Waals surface area contributed by atoms with Crippen LogP contribution < -0.4 is 9.46 Å². The lowest BCUT2D eigenvalue weighted by molar-refractivity contribution is 0.318. The third kappa shape index (κ3) is 7.41. The molecule has 0 spiro atoms. The zero-order chi connectivity index (χ0) is 24.9. The van der Waals surface area contributed by atoms with Gasteiger partial charge in [-0.3, -0.25) is 4.68 Å². The number of aryl methyl sites for hydroxylation is 1. The Morgan fingerprint density at radius 1 is 0.914 bits per heavy atom. The fourth-order valence-corrected chi connectivity index (χ4v) is 5.58. The smallest absolute Gasteiger partial charge is 0.212 e. The summed E-state index contributed by atoms with van der Waals surface area (Å²) in [6, 6.07) is 22.6. The summed E-state index contributed by atoms with van der Waals surface area (Å²) < 4.78 is 35.9. The first-order chi connectivity index (χ1) is 16.7. The Hall–Kier alpha value is -3.16. The van der Waals surface area contributed by atoms with Gasteiger partial charge >= 0.3 is 0 Å². The van der Waals surface area contributed by atoms with Gasteiger partial charge < -0.3 is 4.74 Å². The van der Waals surface area contributed by atoms with Crippen LogP contribution in [0.15, 0.2) is 79.1 Å².